The van der Waals surface area contributed by atoms with Crippen molar-refractivity contribution in [2.75, 3.05) is 17.7 Å². The summed E-state index contributed by atoms with van der Waals surface area (Å²) in [4.78, 5) is 0. The van der Waals surface area contributed by atoms with Gasteiger partial charge >= 0.3 is 0 Å². The van der Waals surface area contributed by atoms with Crippen LogP contribution in [-0.4, -0.2) is 22.6 Å². The van der Waals surface area contributed by atoms with Gasteiger partial charge < -0.3 is 5.32 Å². The Morgan fingerprint density at radius 1 is 1.43 bits per heavy atom. The Bertz CT molecular complexity index is 306. The maximum absolute atomic E-state index is 5.87. The fourth-order valence-corrected chi connectivity index (χ4v) is 1.67. The Morgan fingerprint density at radius 2 is 2.21 bits per heavy atom. The molecular weight excluding hydrogens is 198 g/mol. The summed E-state index contributed by atoms with van der Waals surface area (Å²) in [5, 5.41) is 11.3. The van der Waals surface area contributed by atoms with Gasteiger partial charge in [-0.15, -0.1) is 16.7 Å². The van der Waals surface area contributed by atoms with Crippen molar-refractivity contribution in [3.8, 4) is 0 Å². The van der Waals surface area contributed by atoms with Gasteiger partial charge in [-0.1, -0.05) is 0 Å². The lowest BCUT2D eigenvalue weighted by Gasteiger charge is -2.12. The third kappa shape index (κ3) is 2.15. The van der Waals surface area contributed by atoms with E-state index in [1.807, 2.05) is 19.1 Å². The molecule has 1 saturated carbocycles. The van der Waals surface area contributed by atoms with Crippen molar-refractivity contribution in [2.24, 2.45) is 5.41 Å². The van der Waals surface area contributed by atoms with Crippen molar-refractivity contribution >= 4 is 17.4 Å². The minimum absolute atomic E-state index is 0.328. The molecule has 2 rings (SSSR count). The lowest BCUT2D eigenvalue weighted by atomic mass is 10.1. The van der Waals surface area contributed by atoms with Gasteiger partial charge in [0.15, 0.2) is 0 Å². The zero-order valence-electron chi connectivity index (χ0n) is 8.26. The van der Waals surface area contributed by atoms with Gasteiger partial charge in [-0.2, -0.15) is 5.10 Å². The van der Waals surface area contributed by atoms with Crippen LogP contribution in [0.5, 0.6) is 0 Å². The van der Waals surface area contributed by atoms with E-state index in [9.17, 15) is 0 Å². The average Bonchev–Trinajstić information content (AvgIpc) is 2.98. The summed E-state index contributed by atoms with van der Waals surface area (Å²) in [6.45, 7) is 2.84. The zero-order valence-corrected chi connectivity index (χ0v) is 9.01. The Labute approximate surface area is 88.9 Å². The highest BCUT2D eigenvalue weighted by atomic mass is 35.5. The summed E-state index contributed by atoms with van der Waals surface area (Å²) in [6.07, 6.45) is 2.45. The minimum Gasteiger partial charge on any atom is -0.368 e. The molecule has 0 aliphatic heterocycles. The van der Waals surface area contributed by atoms with Crippen molar-refractivity contribution in [1.82, 2.24) is 10.2 Å². The van der Waals surface area contributed by atoms with Crippen LogP contribution >= 0.6 is 11.6 Å². The molecule has 0 amide bonds. The van der Waals surface area contributed by atoms with Crippen LogP contribution in [0.1, 0.15) is 18.5 Å². The van der Waals surface area contributed by atoms with Gasteiger partial charge in [0.05, 0.1) is 5.69 Å². The second-order valence-electron chi connectivity index (χ2n) is 4.05. The molecule has 4 heteroatoms. The maximum Gasteiger partial charge on any atom is 0.148 e. The second-order valence-corrected chi connectivity index (χ2v) is 4.31. The molecule has 0 saturated heterocycles. The zero-order chi connectivity index (χ0) is 10.0. The third-order valence-corrected chi connectivity index (χ3v) is 3.25. The molecule has 0 spiro atoms. The summed E-state index contributed by atoms with van der Waals surface area (Å²) in [7, 11) is 0. The molecule has 0 unspecified atom stereocenters. The molecule has 0 aromatic carbocycles. The number of aromatic nitrogens is 2. The van der Waals surface area contributed by atoms with Gasteiger partial charge in [-0.3, -0.25) is 0 Å². The molecule has 14 heavy (non-hydrogen) atoms. The first-order chi connectivity index (χ1) is 6.74. The molecule has 76 valence electrons. The number of halogens is 1. The van der Waals surface area contributed by atoms with Crippen molar-refractivity contribution in [2.45, 2.75) is 19.8 Å². The van der Waals surface area contributed by atoms with Crippen molar-refractivity contribution in [3.05, 3.63) is 17.8 Å². The Hall–Kier alpha value is -0.830. The number of rotatable bonds is 4. The van der Waals surface area contributed by atoms with Gasteiger partial charge in [-0.05, 0) is 31.9 Å². The number of alkyl halides is 1. The van der Waals surface area contributed by atoms with Gasteiger partial charge in [-0.25, -0.2) is 0 Å². The van der Waals surface area contributed by atoms with Gasteiger partial charge in [0.1, 0.15) is 5.82 Å². The fraction of sp³-hybridized carbons (Fsp3) is 0.600. The first-order valence-electron chi connectivity index (χ1n) is 4.84. The van der Waals surface area contributed by atoms with Crippen LogP contribution in [-0.2, 0) is 0 Å². The fourth-order valence-electron chi connectivity index (χ4n) is 1.31. The molecule has 1 aromatic rings. The summed E-state index contributed by atoms with van der Waals surface area (Å²) >= 11 is 5.87. The maximum atomic E-state index is 5.87. The van der Waals surface area contributed by atoms with Crippen LogP contribution in [0.25, 0.3) is 0 Å². The third-order valence-electron chi connectivity index (χ3n) is 2.68. The highest BCUT2D eigenvalue weighted by molar-refractivity contribution is 6.18. The molecule has 1 aliphatic carbocycles. The molecule has 0 radical (unpaired) electrons. The average molecular weight is 212 g/mol. The largest absolute Gasteiger partial charge is 0.368 e. The van der Waals surface area contributed by atoms with Crippen LogP contribution < -0.4 is 5.32 Å². The molecule has 1 aliphatic rings. The number of hydrogen-bond donors (Lipinski definition) is 1. The molecule has 1 heterocycles. The van der Waals surface area contributed by atoms with E-state index in [4.69, 9.17) is 11.6 Å². The molecule has 0 bridgehead atoms. The van der Waals surface area contributed by atoms with Gasteiger partial charge in [0.2, 0.25) is 0 Å². The Morgan fingerprint density at radius 3 is 2.71 bits per heavy atom. The van der Waals surface area contributed by atoms with Crippen molar-refractivity contribution in [1.29, 1.82) is 0 Å². The Balaban J connectivity index is 1.89. The van der Waals surface area contributed by atoms with Gasteiger partial charge in [0.25, 0.3) is 0 Å². The Kier molecular flexibility index (Phi) is 2.59. The van der Waals surface area contributed by atoms with Crippen LogP contribution in [0.4, 0.5) is 5.82 Å². The molecule has 0 atom stereocenters. The normalized spacial score (nSPS) is 17.9. The van der Waals surface area contributed by atoms with E-state index in [1.165, 1.54) is 12.8 Å². The van der Waals surface area contributed by atoms with Gasteiger partial charge in [0, 0.05) is 17.8 Å². The van der Waals surface area contributed by atoms with E-state index in [0.717, 1.165) is 23.9 Å². The topological polar surface area (TPSA) is 37.8 Å². The summed E-state index contributed by atoms with van der Waals surface area (Å²) in [5.41, 5.74) is 1.27. The van der Waals surface area contributed by atoms with E-state index in [0.29, 0.717) is 5.41 Å². The van der Waals surface area contributed by atoms with E-state index in [1.54, 1.807) is 0 Å². The molecule has 1 aromatic heterocycles. The molecule has 1 fully saturated rings. The number of nitrogens with one attached hydrogen (secondary N) is 1. The molecule has 3 nitrogen and oxygen atoms in total. The summed E-state index contributed by atoms with van der Waals surface area (Å²) < 4.78 is 0. The number of nitrogens with zero attached hydrogens (tertiary/aromatic N) is 2. The highest BCUT2D eigenvalue weighted by Crippen LogP contribution is 2.46. The quantitative estimate of drug-likeness (QED) is 0.777. The number of anilines is 1. The van der Waals surface area contributed by atoms with Crippen LogP contribution in [0.2, 0.25) is 0 Å². The van der Waals surface area contributed by atoms with E-state index in [2.05, 4.69) is 15.5 Å². The number of aryl methyl sites for hydroxylation is 1. The lowest BCUT2D eigenvalue weighted by Crippen LogP contribution is -2.17. The predicted molar refractivity (Wildman–Crippen MR) is 57.6 cm³/mol. The van der Waals surface area contributed by atoms with Crippen molar-refractivity contribution < 1.29 is 0 Å². The second kappa shape index (κ2) is 3.73. The minimum atomic E-state index is 0.328. The predicted octanol–water partition coefficient (Wildman–Crippen LogP) is 2.22. The smallest absolute Gasteiger partial charge is 0.148 e. The summed E-state index contributed by atoms with van der Waals surface area (Å²) in [6, 6.07) is 3.91. The van der Waals surface area contributed by atoms with Crippen LogP contribution in [0.15, 0.2) is 12.1 Å². The highest BCUT2D eigenvalue weighted by Gasteiger charge is 2.41. The molecule has 1 N–H and O–H groups in total. The van der Waals surface area contributed by atoms with Crippen LogP contribution in [0, 0.1) is 12.3 Å². The number of hydrogen-bond acceptors (Lipinski definition) is 3. The monoisotopic (exact) mass is 211 g/mol. The lowest BCUT2D eigenvalue weighted by molar-refractivity contribution is 0.616. The SMILES string of the molecule is Cc1ccc(NCC2(CCl)CC2)nn1. The van der Waals surface area contributed by atoms with E-state index >= 15 is 0 Å². The first-order valence-corrected chi connectivity index (χ1v) is 5.38. The molecular formula is C10H14ClN3. The van der Waals surface area contributed by atoms with Crippen LogP contribution in [0.3, 0.4) is 0 Å². The first kappa shape index (κ1) is 9.71. The standard InChI is InChI=1S/C10H14ClN3/c1-8-2-3-9(14-13-8)12-7-10(6-11)4-5-10/h2-3H,4-7H2,1H3,(H,12,14). The van der Waals surface area contributed by atoms with E-state index < -0.39 is 0 Å². The van der Waals surface area contributed by atoms with E-state index in [-0.39, 0.29) is 0 Å². The van der Waals surface area contributed by atoms with Crippen molar-refractivity contribution in [3.63, 3.8) is 0 Å². The summed E-state index contributed by atoms with van der Waals surface area (Å²) in [5.74, 6) is 1.58.